The molecular formula is C15H18N4O. The Balaban J connectivity index is 1.76. The number of nitrogens with zero attached hydrogens (tertiary/aromatic N) is 2. The average Bonchev–Trinajstić information content (AvgIpc) is 2.41. The third-order valence-corrected chi connectivity index (χ3v) is 2.73. The summed E-state index contributed by atoms with van der Waals surface area (Å²) >= 11 is 0. The summed E-state index contributed by atoms with van der Waals surface area (Å²) in [5, 5.41) is 5.88. The van der Waals surface area contributed by atoms with Gasteiger partial charge in [-0.05, 0) is 37.6 Å². The first-order valence-electron chi connectivity index (χ1n) is 6.53. The van der Waals surface area contributed by atoms with Gasteiger partial charge in [0.2, 0.25) is 5.91 Å². The van der Waals surface area contributed by atoms with E-state index in [1.165, 1.54) is 0 Å². The van der Waals surface area contributed by atoms with E-state index in [1.807, 2.05) is 38.1 Å². The van der Waals surface area contributed by atoms with Crippen molar-refractivity contribution in [3.05, 3.63) is 47.8 Å². The monoisotopic (exact) mass is 270 g/mol. The normalized spacial score (nSPS) is 10.1. The van der Waals surface area contributed by atoms with E-state index in [9.17, 15) is 4.79 Å². The number of pyridine rings is 2. The van der Waals surface area contributed by atoms with Crippen molar-refractivity contribution in [3.63, 3.8) is 0 Å². The fraction of sp³-hybridized carbons (Fsp3) is 0.267. The van der Waals surface area contributed by atoms with Crippen LogP contribution in [-0.2, 0) is 4.79 Å². The summed E-state index contributed by atoms with van der Waals surface area (Å²) in [6.45, 7) is 4.42. The number of hydrogen-bond donors (Lipinski definition) is 2. The van der Waals surface area contributed by atoms with E-state index in [2.05, 4.69) is 20.6 Å². The first-order valence-corrected chi connectivity index (χ1v) is 6.53. The van der Waals surface area contributed by atoms with E-state index in [0.29, 0.717) is 18.8 Å². The molecule has 0 saturated carbocycles. The zero-order chi connectivity index (χ0) is 14.4. The maximum absolute atomic E-state index is 11.7. The first-order chi connectivity index (χ1) is 9.63. The van der Waals surface area contributed by atoms with Gasteiger partial charge in [-0.25, -0.2) is 9.97 Å². The van der Waals surface area contributed by atoms with Gasteiger partial charge in [0.05, 0.1) is 0 Å². The lowest BCUT2D eigenvalue weighted by Gasteiger charge is -2.07. The molecular weight excluding hydrogens is 252 g/mol. The van der Waals surface area contributed by atoms with Crippen LogP contribution < -0.4 is 10.6 Å². The highest BCUT2D eigenvalue weighted by Gasteiger charge is 2.03. The number of hydrogen-bond acceptors (Lipinski definition) is 4. The summed E-state index contributed by atoms with van der Waals surface area (Å²) in [7, 11) is 0. The molecule has 0 spiro atoms. The molecule has 0 radical (unpaired) electrons. The largest absolute Gasteiger partial charge is 0.370 e. The van der Waals surface area contributed by atoms with E-state index >= 15 is 0 Å². The van der Waals surface area contributed by atoms with Crippen LogP contribution in [0.2, 0.25) is 0 Å². The van der Waals surface area contributed by atoms with Crippen molar-refractivity contribution in [2.75, 3.05) is 17.2 Å². The molecule has 5 heteroatoms. The molecule has 0 aliphatic rings. The van der Waals surface area contributed by atoms with Crippen LogP contribution in [0, 0.1) is 13.8 Å². The average molecular weight is 270 g/mol. The quantitative estimate of drug-likeness (QED) is 0.876. The molecule has 2 aromatic rings. The van der Waals surface area contributed by atoms with Crippen LogP contribution in [0.5, 0.6) is 0 Å². The molecule has 0 aromatic carbocycles. The lowest BCUT2D eigenvalue weighted by Crippen LogP contribution is -2.17. The van der Waals surface area contributed by atoms with Gasteiger partial charge >= 0.3 is 0 Å². The highest BCUT2D eigenvalue weighted by atomic mass is 16.1. The summed E-state index contributed by atoms with van der Waals surface area (Å²) in [4.78, 5) is 20.2. The van der Waals surface area contributed by atoms with E-state index in [4.69, 9.17) is 0 Å². The lowest BCUT2D eigenvalue weighted by atomic mass is 10.3. The molecule has 2 heterocycles. The number of anilines is 2. The smallest absolute Gasteiger partial charge is 0.227 e. The van der Waals surface area contributed by atoms with Crippen molar-refractivity contribution >= 4 is 17.5 Å². The zero-order valence-corrected chi connectivity index (χ0v) is 11.7. The fourth-order valence-corrected chi connectivity index (χ4v) is 1.69. The molecule has 0 fully saturated rings. The summed E-state index contributed by atoms with van der Waals surface area (Å²) in [6, 6.07) is 9.45. The Labute approximate surface area is 118 Å². The van der Waals surface area contributed by atoms with Crippen molar-refractivity contribution in [2.45, 2.75) is 20.3 Å². The van der Waals surface area contributed by atoms with Crippen LogP contribution in [0.15, 0.2) is 36.5 Å². The second kappa shape index (κ2) is 6.65. The molecule has 104 valence electrons. The minimum absolute atomic E-state index is 0.0680. The molecule has 2 N–H and O–H groups in total. The maximum atomic E-state index is 11.7. The highest BCUT2D eigenvalue weighted by Crippen LogP contribution is 2.06. The summed E-state index contributed by atoms with van der Waals surface area (Å²) in [5.41, 5.74) is 2.01. The van der Waals surface area contributed by atoms with E-state index in [1.54, 1.807) is 12.3 Å². The van der Waals surface area contributed by atoms with Gasteiger partial charge in [0, 0.05) is 24.9 Å². The second-order valence-corrected chi connectivity index (χ2v) is 4.61. The Morgan fingerprint density at radius 2 is 2.00 bits per heavy atom. The van der Waals surface area contributed by atoms with Gasteiger partial charge < -0.3 is 10.6 Å². The molecule has 0 saturated heterocycles. The van der Waals surface area contributed by atoms with Gasteiger partial charge in [0.15, 0.2) is 0 Å². The number of nitrogens with one attached hydrogen (secondary N) is 2. The molecule has 1 amide bonds. The number of carbonyl (C=O) groups is 1. The lowest BCUT2D eigenvalue weighted by molar-refractivity contribution is -0.116. The van der Waals surface area contributed by atoms with E-state index in [-0.39, 0.29) is 5.91 Å². The minimum Gasteiger partial charge on any atom is -0.370 e. The van der Waals surface area contributed by atoms with Crippen LogP contribution >= 0.6 is 0 Å². The van der Waals surface area contributed by atoms with E-state index < -0.39 is 0 Å². The Hall–Kier alpha value is -2.43. The predicted molar refractivity (Wildman–Crippen MR) is 79.7 cm³/mol. The molecule has 5 nitrogen and oxygen atoms in total. The number of amides is 1. The third-order valence-electron chi connectivity index (χ3n) is 2.73. The van der Waals surface area contributed by atoms with E-state index in [0.717, 1.165) is 17.1 Å². The van der Waals surface area contributed by atoms with Gasteiger partial charge in [-0.3, -0.25) is 4.79 Å². The highest BCUT2D eigenvalue weighted by molar-refractivity contribution is 5.89. The third kappa shape index (κ3) is 4.35. The Bertz CT molecular complexity index is 581. The maximum Gasteiger partial charge on any atom is 0.227 e. The zero-order valence-electron chi connectivity index (χ0n) is 11.7. The van der Waals surface area contributed by atoms with Gasteiger partial charge in [0.25, 0.3) is 0 Å². The van der Waals surface area contributed by atoms with Crippen LogP contribution in [-0.4, -0.2) is 22.4 Å². The van der Waals surface area contributed by atoms with Crippen molar-refractivity contribution in [3.8, 4) is 0 Å². The summed E-state index contributed by atoms with van der Waals surface area (Å²) in [6.07, 6.45) is 2.09. The molecule has 20 heavy (non-hydrogen) atoms. The number of aromatic nitrogens is 2. The van der Waals surface area contributed by atoms with Crippen molar-refractivity contribution in [1.29, 1.82) is 0 Å². The minimum atomic E-state index is -0.0680. The van der Waals surface area contributed by atoms with Crippen molar-refractivity contribution in [1.82, 2.24) is 9.97 Å². The molecule has 0 aliphatic carbocycles. The molecule has 0 atom stereocenters. The SMILES string of the molecule is Cc1ccc(NC(=O)CCNc2cccc(C)n2)nc1. The number of carbonyl (C=O) groups excluding carboxylic acids is 1. The first kappa shape index (κ1) is 14.0. The number of rotatable bonds is 5. The predicted octanol–water partition coefficient (Wildman–Crippen LogP) is 2.53. The van der Waals surface area contributed by atoms with Crippen LogP contribution in [0.3, 0.4) is 0 Å². The van der Waals surface area contributed by atoms with Crippen LogP contribution in [0.25, 0.3) is 0 Å². The van der Waals surface area contributed by atoms with Crippen LogP contribution in [0.4, 0.5) is 11.6 Å². The summed E-state index contributed by atoms with van der Waals surface area (Å²) in [5.74, 6) is 1.29. The topological polar surface area (TPSA) is 66.9 Å². The molecule has 2 rings (SSSR count). The Morgan fingerprint density at radius 3 is 2.70 bits per heavy atom. The van der Waals surface area contributed by atoms with Gasteiger partial charge in [-0.1, -0.05) is 12.1 Å². The summed E-state index contributed by atoms with van der Waals surface area (Å²) < 4.78 is 0. The van der Waals surface area contributed by atoms with Gasteiger partial charge in [0.1, 0.15) is 11.6 Å². The standard InChI is InChI=1S/C15H18N4O/c1-11-6-7-14(17-10-11)19-15(20)8-9-16-13-5-3-4-12(2)18-13/h3-7,10H,8-9H2,1-2H3,(H,16,18)(H,17,19,20). The Morgan fingerprint density at radius 1 is 1.15 bits per heavy atom. The van der Waals surface area contributed by atoms with Crippen LogP contribution in [0.1, 0.15) is 17.7 Å². The second-order valence-electron chi connectivity index (χ2n) is 4.61. The van der Waals surface area contributed by atoms with Crippen molar-refractivity contribution in [2.24, 2.45) is 0 Å². The number of aryl methyl sites for hydroxylation is 2. The van der Waals surface area contributed by atoms with Gasteiger partial charge in [-0.15, -0.1) is 0 Å². The molecule has 2 aromatic heterocycles. The van der Waals surface area contributed by atoms with Gasteiger partial charge in [-0.2, -0.15) is 0 Å². The fourth-order valence-electron chi connectivity index (χ4n) is 1.69. The van der Waals surface area contributed by atoms with Crippen molar-refractivity contribution < 1.29 is 4.79 Å². The Kier molecular flexibility index (Phi) is 4.65. The molecule has 0 unspecified atom stereocenters. The molecule has 0 bridgehead atoms. The molecule has 0 aliphatic heterocycles.